The Kier molecular flexibility index (Phi) is 3.48. The second kappa shape index (κ2) is 5.35. The van der Waals surface area contributed by atoms with E-state index in [0.29, 0.717) is 5.39 Å². The molecule has 0 atom stereocenters. The Balaban J connectivity index is 2.20. The average molecular weight is 318 g/mol. The van der Waals surface area contributed by atoms with E-state index in [-0.39, 0.29) is 22.5 Å². The quantitative estimate of drug-likeness (QED) is 0.502. The minimum atomic E-state index is -4.50. The number of halogens is 3. The number of aromatic nitrogens is 1. The predicted molar refractivity (Wildman–Crippen MR) is 78.8 cm³/mol. The van der Waals surface area contributed by atoms with Gasteiger partial charge in [-0.3, -0.25) is 10.1 Å². The van der Waals surface area contributed by atoms with Crippen LogP contribution in [0.2, 0.25) is 0 Å². The lowest BCUT2D eigenvalue weighted by molar-refractivity contribution is -0.384. The number of alkyl halides is 3. The van der Waals surface area contributed by atoms with Crippen molar-refractivity contribution in [2.45, 2.75) is 6.18 Å². The topological polar surface area (TPSA) is 56.0 Å². The number of pyridine rings is 1. The first-order chi connectivity index (χ1) is 10.9. The largest absolute Gasteiger partial charge is 0.417 e. The van der Waals surface area contributed by atoms with Crippen LogP contribution >= 0.6 is 0 Å². The number of benzene rings is 2. The van der Waals surface area contributed by atoms with Crippen LogP contribution in [0.25, 0.3) is 22.2 Å². The summed E-state index contributed by atoms with van der Waals surface area (Å²) < 4.78 is 39.3. The highest BCUT2D eigenvalue weighted by Crippen LogP contribution is 2.36. The number of hydrogen-bond acceptors (Lipinski definition) is 3. The minimum absolute atomic E-state index is 0.0617. The zero-order chi connectivity index (χ0) is 16.6. The van der Waals surface area contributed by atoms with E-state index in [1.807, 2.05) is 0 Å². The fourth-order valence-electron chi connectivity index (χ4n) is 2.32. The molecule has 3 aromatic rings. The Bertz CT molecular complexity index is 907. The van der Waals surface area contributed by atoms with Crippen molar-refractivity contribution in [2.24, 2.45) is 0 Å². The van der Waals surface area contributed by atoms with Crippen LogP contribution in [0.1, 0.15) is 5.56 Å². The number of hydrogen-bond donors (Lipinski definition) is 0. The molecule has 1 heterocycles. The summed E-state index contributed by atoms with van der Waals surface area (Å²) in [5, 5.41) is 11.4. The van der Waals surface area contributed by atoms with Gasteiger partial charge in [-0.1, -0.05) is 24.3 Å². The van der Waals surface area contributed by atoms with E-state index in [0.717, 1.165) is 6.07 Å². The number of nitro benzene ring substituents is 1. The summed E-state index contributed by atoms with van der Waals surface area (Å²) in [6.07, 6.45) is -4.50. The molecule has 116 valence electrons. The van der Waals surface area contributed by atoms with Gasteiger partial charge in [-0.25, -0.2) is 4.98 Å². The van der Waals surface area contributed by atoms with Crippen molar-refractivity contribution < 1.29 is 18.1 Å². The number of rotatable bonds is 2. The van der Waals surface area contributed by atoms with E-state index in [4.69, 9.17) is 0 Å². The first-order valence-electron chi connectivity index (χ1n) is 6.58. The minimum Gasteiger partial charge on any atom is -0.258 e. The molecule has 0 saturated heterocycles. The number of non-ortho nitro benzene ring substituents is 1. The van der Waals surface area contributed by atoms with Crippen LogP contribution < -0.4 is 0 Å². The van der Waals surface area contributed by atoms with E-state index in [9.17, 15) is 23.3 Å². The number of nitro groups is 1. The molecule has 7 heteroatoms. The van der Waals surface area contributed by atoms with Gasteiger partial charge in [0.1, 0.15) is 0 Å². The van der Waals surface area contributed by atoms with E-state index in [1.165, 1.54) is 42.5 Å². The summed E-state index contributed by atoms with van der Waals surface area (Å²) in [4.78, 5) is 14.4. The maximum absolute atomic E-state index is 13.1. The smallest absolute Gasteiger partial charge is 0.258 e. The molecule has 0 aliphatic rings. The number of nitrogens with zero attached hydrogens (tertiary/aromatic N) is 2. The molecule has 3 rings (SSSR count). The van der Waals surface area contributed by atoms with Crippen LogP contribution in [0, 0.1) is 10.1 Å². The van der Waals surface area contributed by atoms with Gasteiger partial charge in [0.25, 0.3) is 5.69 Å². The van der Waals surface area contributed by atoms with Gasteiger partial charge in [0.05, 0.1) is 21.7 Å². The van der Waals surface area contributed by atoms with E-state index >= 15 is 0 Å². The zero-order valence-corrected chi connectivity index (χ0v) is 11.5. The molecule has 4 nitrogen and oxygen atoms in total. The Morgan fingerprint density at radius 1 is 1.00 bits per heavy atom. The monoisotopic (exact) mass is 318 g/mol. The van der Waals surface area contributed by atoms with Gasteiger partial charge in [-0.05, 0) is 18.2 Å². The van der Waals surface area contributed by atoms with Gasteiger partial charge in [0.15, 0.2) is 0 Å². The standard InChI is InChI=1S/C16H9F3N2O2/c17-16(18,19)13-4-2-1-3-12(13)14-8-6-10-5-7-11(21(22)23)9-15(10)20-14/h1-9H. The average Bonchev–Trinajstić information content (AvgIpc) is 2.53. The van der Waals surface area contributed by atoms with Gasteiger partial charge < -0.3 is 0 Å². The molecule has 0 fully saturated rings. The van der Waals surface area contributed by atoms with Crippen molar-refractivity contribution in [3.05, 3.63) is 70.3 Å². The summed E-state index contributed by atoms with van der Waals surface area (Å²) in [7, 11) is 0. The first kappa shape index (κ1) is 15.0. The summed E-state index contributed by atoms with van der Waals surface area (Å²) in [6.45, 7) is 0. The zero-order valence-electron chi connectivity index (χ0n) is 11.5. The fourth-order valence-corrected chi connectivity index (χ4v) is 2.32. The third kappa shape index (κ3) is 2.85. The van der Waals surface area contributed by atoms with Crippen molar-refractivity contribution in [2.75, 3.05) is 0 Å². The molecule has 0 radical (unpaired) electrons. The van der Waals surface area contributed by atoms with E-state index < -0.39 is 16.7 Å². The molecule has 0 aliphatic carbocycles. The summed E-state index contributed by atoms with van der Waals surface area (Å²) >= 11 is 0. The lowest BCUT2D eigenvalue weighted by Crippen LogP contribution is -2.07. The normalized spacial score (nSPS) is 11.6. The Hall–Kier alpha value is -2.96. The molecule has 0 amide bonds. The van der Waals surface area contributed by atoms with Gasteiger partial charge in [-0.15, -0.1) is 0 Å². The van der Waals surface area contributed by atoms with Gasteiger partial charge in [0.2, 0.25) is 0 Å². The fraction of sp³-hybridized carbons (Fsp3) is 0.0625. The highest BCUT2D eigenvalue weighted by molar-refractivity contribution is 5.84. The molecular weight excluding hydrogens is 309 g/mol. The lowest BCUT2D eigenvalue weighted by atomic mass is 10.0. The van der Waals surface area contributed by atoms with Crippen molar-refractivity contribution in [1.82, 2.24) is 4.98 Å². The summed E-state index contributed by atoms with van der Waals surface area (Å²) in [6, 6.07) is 12.3. The number of fused-ring (bicyclic) bond motifs is 1. The maximum atomic E-state index is 13.1. The molecule has 23 heavy (non-hydrogen) atoms. The van der Waals surface area contributed by atoms with Crippen molar-refractivity contribution in [3.8, 4) is 11.3 Å². The maximum Gasteiger partial charge on any atom is 0.417 e. The summed E-state index contributed by atoms with van der Waals surface area (Å²) in [5.74, 6) is 0. The van der Waals surface area contributed by atoms with Crippen molar-refractivity contribution in [1.29, 1.82) is 0 Å². The predicted octanol–water partition coefficient (Wildman–Crippen LogP) is 4.83. The van der Waals surface area contributed by atoms with Crippen molar-refractivity contribution >= 4 is 16.6 Å². The van der Waals surface area contributed by atoms with Gasteiger partial charge in [-0.2, -0.15) is 13.2 Å². The molecule has 0 aliphatic heterocycles. The molecule has 1 aromatic heterocycles. The van der Waals surface area contributed by atoms with Crippen LogP contribution in [-0.4, -0.2) is 9.91 Å². The van der Waals surface area contributed by atoms with Crippen molar-refractivity contribution in [3.63, 3.8) is 0 Å². The van der Waals surface area contributed by atoms with Crippen LogP contribution in [0.5, 0.6) is 0 Å². The third-order valence-electron chi connectivity index (χ3n) is 3.39. The SMILES string of the molecule is O=[N+]([O-])c1ccc2ccc(-c3ccccc3C(F)(F)F)nc2c1. The molecule has 0 unspecified atom stereocenters. The van der Waals surface area contributed by atoms with Crippen LogP contribution in [0.15, 0.2) is 54.6 Å². The molecule has 0 saturated carbocycles. The molecule has 0 bridgehead atoms. The van der Waals surface area contributed by atoms with E-state index in [2.05, 4.69) is 4.98 Å². The second-order valence-corrected chi connectivity index (χ2v) is 4.87. The Morgan fingerprint density at radius 3 is 2.39 bits per heavy atom. The molecule has 0 spiro atoms. The summed E-state index contributed by atoms with van der Waals surface area (Å²) in [5.41, 5.74) is -0.628. The first-order valence-corrected chi connectivity index (χ1v) is 6.58. The van der Waals surface area contributed by atoms with Gasteiger partial charge >= 0.3 is 6.18 Å². The Morgan fingerprint density at radius 2 is 1.70 bits per heavy atom. The lowest BCUT2D eigenvalue weighted by Gasteiger charge is -2.12. The Labute approximate surface area is 128 Å². The van der Waals surface area contributed by atoms with Crippen LogP contribution in [0.4, 0.5) is 18.9 Å². The highest BCUT2D eigenvalue weighted by Gasteiger charge is 2.33. The van der Waals surface area contributed by atoms with E-state index in [1.54, 1.807) is 6.07 Å². The molecule has 0 N–H and O–H groups in total. The van der Waals surface area contributed by atoms with Gasteiger partial charge in [0, 0.05) is 23.1 Å². The second-order valence-electron chi connectivity index (χ2n) is 4.87. The molecular formula is C16H9F3N2O2. The molecule has 2 aromatic carbocycles. The van der Waals surface area contributed by atoms with Crippen LogP contribution in [-0.2, 0) is 6.18 Å². The third-order valence-corrected chi connectivity index (χ3v) is 3.39. The van der Waals surface area contributed by atoms with Crippen LogP contribution in [0.3, 0.4) is 0 Å². The highest BCUT2D eigenvalue weighted by atomic mass is 19.4.